The number of ether oxygens (including phenoxy) is 2. The van der Waals surface area contributed by atoms with Gasteiger partial charge in [-0.25, -0.2) is 0 Å². The van der Waals surface area contributed by atoms with Crippen LogP contribution in [0.5, 0.6) is 17.2 Å². The summed E-state index contributed by atoms with van der Waals surface area (Å²) < 4.78 is 11.2. The highest BCUT2D eigenvalue weighted by Crippen LogP contribution is 2.23. The number of rotatable bonds is 7. The Kier molecular flexibility index (Phi) is 5.67. The smallest absolute Gasteiger partial charge is 0.258 e. The summed E-state index contributed by atoms with van der Waals surface area (Å²) in [5.41, 5.74) is 1.05. The van der Waals surface area contributed by atoms with Crippen LogP contribution in [0.3, 0.4) is 0 Å². The first kappa shape index (κ1) is 16.6. The molecule has 0 radical (unpaired) electrons. The predicted octanol–water partition coefficient (Wildman–Crippen LogP) is 4.17. The molecule has 0 fully saturated rings. The molecule has 25 heavy (non-hydrogen) atoms. The molecule has 0 bridgehead atoms. The molecule has 0 aromatic heterocycles. The third kappa shape index (κ3) is 5.39. The maximum Gasteiger partial charge on any atom is 0.258 e. The zero-order valence-electron chi connectivity index (χ0n) is 13.7. The summed E-state index contributed by atoms with van der Waals surface area (Å²) in [6.07, 6.45) is 0. The Bertz CT molecular complexity index is 786. The van der Waals surface area contributed by atoms with Gasteiger partial charge in [-0.3, -0.25) is 4.79 Å². The third-order valence-corrected chi connectivity index (χ3v) is 3.51. The summed E-state index contributed by atoms with van der Waals surface area (Å²) >= 11 is 0. The molecular weight excluding hydrogens is 314 g/mol. The van der Waals surface area contributed by atoms with Gasteiger partial charge in [0.1, 0.15) is 17.2 Å². The third-order valence-electron chi connectivity index (χ3n) is 3.51. The normalized spacial score (nSPS) is 10.1. The minimum absolute atomic E-state index is 0.0221. The Balaban J connectivity index is 1.44. The van der Waals surface area contributed by atoms with E-state index in [2.05, 4.69) is 5.32 Å². The lowest BCUT2D eigenvalue weighted by atomic mass is 10.2. The van der Waals surface area contributed by atoms with E-state index in [-0.39, 0.29) is 12.5 Å². The van der Waals surface area contributed by atoms with Crippen LogP contribution in [-0.4, -0.2) is 12.5 Å². The van der Waals surface area contributed by atoms with Crippen LogP contribution < -0.4 is 14.8 Å². The molecule has 0 aliphatic heterocycles. The number of hydrogen-bond acceptors (Lipinski definition) is 3. The van der Waals surface area contributed by atoms with Crippen molar-refractivity contribution in [3.8, 4) is 17.2 Å². The summed E-state index contributed by atoms with van der Waals surface area (Å²) in [6.45, 7) is 0.471. The molecule has 4 nitrogen and oxygen atoms in total. The average molecular weight is 333 g/mol. The zero-order chi connectivity index (χ0) is 17.3. The summed E-state index contributed by atoms with van der Waals surface area (Å²) in [5, 5.41) is 2.82. The molecule has 3 aromatic carbocycles. The van der Waals surface area contributed by atoms with Gasteiger partial charge in [0.25, 0.3) is 5.91 Å². The summed E-state index contributed by atoms with van der Waals surface area (Å²) in [4.78, 5) is 11.8. The van der Waals surface area contributed by atoms with Crippen molar-refractivity contribution in [3.05, 3.63) is 90.5 Å². The molecule has 0 saturated heterocycles. The highest BCUT2D eigenvalue weighted by molar-refractivity contribution is 5.77. The molecule has 0 saturated carbocycles. The van der Waals surface area contributed by atoms with Crippen molar-refractivity contribution >= 4 is 5.91 Å². The number of nitrogens with one attached hydrogen (secondary N) is 1. The van der Waals surface area contributed by atoms with Gasteiger partial charge in [-0.15, -0.1) is 0 Å². The van der Waals surface area contributed by atoms with E-state index in [1.807, 2.05) is 72.8 Å². The molecular formula is C21H19NO3. The first-order valence-electron chi connectivity index (χ1n) is 8.06. The van der Waals surface area contributed by atoms with Crippen LogP contribution in [0.15, 0.2) is 84.9 Å². The lowest BCUT2D eigenvalue weighted by molar-refractivity contribution is -0.123. The number of para-hydroxylation sites is 1. The van der Waals surface area contributed by atoms with Crippen LogP contribution in [0.1, 0.15) is 5.56 Å². The molecule has 0 unspecified atom stereocenters. The minimum atomic E-state index is -0.159. The van der Waals surface area contributed by atoms with Crippen molar-refractivity contribution in [2.75, 3.05) is 6.61 Å². The SMILES string of the molecule is O=C(COc1ccc(Oc2ccccc2)cc1)NCc1ccccc1. The number of carbonyl (C=O) groups is 1. The largest absolute Gasteiger partial charge is 0.484 e. The fourth-order valence-electron chi connectivity index (χ4n) is 2.22. The fourth-order valence-corrected chi connectivity index (χ4v) is 2.22. The zero-order valence-corrected chi connectivity index (χ0v) is 13.7. The van der Waals surface area contributed by atoms with Crippen LogP contribution >= 0.6 is 0 Å². The van der Waals surface area contributed by atoms with Gasteiger partial charge in [-0.1, -0.05) is 48.5 Å². The molecule has 3 aromatic rings. The first-order valence-corrected chi connectivity index (χ1v) is 8.06. The number of hydrogen-bond donors (Lipinski definition) is 1. The average Bonchev–Trinajstić information content (AvgIpc) is 2.67. The monoisotopic (exact) mass is 333 g/mol. The molecule has 1 N–H and O–H groups in total. The highest BCUT2D eigenvalue weighted by Gasteiger charge is 2.03. The summed E-state index contributed by atoms with van der Waals surface area (Å²) in [6, 6.07) is 26.5. The maximum atomic E-state index is 11.8. The van der Waals surface area contributed by atoms with Crippen molar-refractivity contribution in [1.29, 1.82) is 0 Å². The lowest BCUT2D eigenvalue weighted by Crippen LogP contribution is -2.28. The van der Waals surface area contributed by atoms with Gasteiger partial charge in [0, 0.05) is 6.54 Å². The molecule has 0 aliphatic carbocycles. The minimum Gasteiger partial charge on any atom is -0.484 e. The summed E-state index contributed by atoms with van der Waals surface area (Å²) in [5.74, 6) is 1.95. The van der Waals surface area contributed by atoms with E-state index in [0.717, 1.165) is 11.3 Å². The van der Waals surface area contributed by atoms with Crippen molar-refractivity contribution in [2.45, 2.75) is 6.54 Å². The Morgan fingerprint density at radius 2 is 1.28 bits per heavy atom. The Labute approximate surface area is 147 Å². The lowest BCUT2D eigenvalue weighted by Gasteiger charge is -2.09. The molecule has 0 heterocycles. The topological polar surface area (TPSA) is 47.6 Å². The Morgan fingerprint density at radius 3 is 1.96 bits per heavy atom. The predicted molar refractivity (Wildman–Crippen MR) is 96.7 cm³/mol. The standard InChI is InChI=1S/C21H19NO3/c23-21(22-15-17-7-3-1-4-8-17)16-24-18-11-13-20(14-12-18)25-19-9-5-2-6-10-19/h1-14H,15-16H2,(H,22,23). The van der Waals surface area contributed by atoms with Gasteiger partial charge in [-0.05, 0) is 42.0 Å². The first-order chi connectivity index (χ1) is 12.3. The number of amides is 1. The van der Waals surface area contributed by atoms with E-state index < -0.39 is 0 Å². The highest BCUT2D eigenvalue weighted by atomic mass is 16.5. The van der Waals surface area contributed by atoms with Crippen molar-refractivity contribution in [1.82, 2.24) is 5.32 Å². The van der Waals surface area contributed by atoms with Gasteiger partial charge in [-0.2, -0.15) is 0 Å². The van der Waals surface area contributed by atoms with Gasteiger partial charge in [0.2, 0.25) is 0 Å². The number of carbonyl (C=O) groups excluding carboxylic acids is 1. The van der Waals surface area contributed by atoms with E-state index in [0.29, 0.717) is 18.0 Å². The van der Waals surface area contributed by atoms with Crippen LogP contribution in [-0.2, 0) is 11.3 Å². The van der Waals surface area contributed by atoms with E-state index in [9.17, 15) is 4.79 Å². The van der Waals surface area contributed by atoms with Crippen LogP contribution in [0.2, 0.25) is 0 Å². The van der Waals surface area contributed by atoms with Gasteiger partial charge in [0.15, 0.2) is 6.61 Å². The Hall–Kier alpha value is -3.27. The fraction of sp³-hybridized carbons (Fsp3) is 0.0952. The van der Waals surface area contributed by atoms with Crippen LogP contribution in [0.25, 0.3) is 0 Å². The van der Waals surface area contributed by atoms with E-state index >= 15 is 0 Å². The van der Waals surface area contributed by atoms with E-state index in [1.165, 1.54) is 0 Å². The van der Waals surface area contributed by atoms with Crippen LogP contribution in [0, 0.1) is 0 Å². The molecule has 1 amide bonds. The molecule has 3 rings (SSSR count). The second kappa shape index (κ2) is 8.55. The van der Waals surface area contributed by atoms with Crippen molar-refractivity contribution < 1.29 is 14.3 Å². The van der Waals surface area contributed by atoms with Crippen molar-refractivity contribution in [2.24, 2.45) is 0 Å². The molecule has 0 spiro atoms. The van der Waals surface area contributed by atoms with Gasteiger partial charge >= 0.3 is 0 Å². The van der Waals surface area contributed by atoms with Crippen molar-refractivity contribution in [3.63, 3.8) is 0 Å². The van der Waals surface area contributed by atoms with E-state index in [1.54, 1.807) is 12.1 Å². The maximum absolute atomic E-state index is 11.8. The molecule has 4 heteroatoms. The van der Waals surface area contributed by atoms with Crippen LogP contribution in [0.4, 0.5) is 0 Å². The molecule has 0 aliphatic rings. The molecule has 126 valence electrons. The number of benzene rings is 3. The van der Waals surface area contributed by atoms with E-state index in [4.69, 9.17) is 9.47 Å². The second-order valence-electron chi connectivity index (χ2n) is 5.44. The van der Waals surface area contributed by atoms with Gasteiger partial charge in [0.05, 0.1) is 0 Å². The Morgan fingerprint density at radius 1 is 0.720 bits per heavy atom. The summed E-state index contributed by atoms with van der Waals surface area (Å²) in [7, 11) is 0. The second-order valence-corrected chi connectivity index (χ2v) is 5.44. The quantitative estimate of drug-likeness (QED) is 0.706. The molecule has 0 atom stereocenters. The van der Waals surface area contributed by atoms with Gasteiger partial charge < -0.3 is 14.8 Å².